The molecule has 0 bridgehead atoms. The van der Waals surface area contributed by atoms with Gasteiger partial charge in [-0.3, -0.25) is 0 Å². The molecule has 0 aromatic heterocycles. The fourth-order valence-corrected chi connectivity index (χ4v) is 2.29. The molecule has 0 aliphatic rings. The average Bonchev–Trinajstić information content (AvgIpc) is 2.29. The van der Waals surface area contributed by atoms with Crippen molar-refractivity contribution in [2.75, 3.05) is 13.1 Å². The maximum absolute atomic E-state index is 3.41. The predicted octanol–water partition coefficient (Wildman–Crippen LogP) is 4.16. The fraction of sp³-hybridized carbons (Fsp3) is 0.647. The summed E-state index contributed by atoms with van der Waals surface area (Å²) in [5, 5.41) is 3.41. The molecule has 0 heterocycles. The van der Waals surface area contributed by atoms with Crippen LogP contribution in [0, 0.1) is 5.92 Å². The standard InChI is InChI=1S/C17H29N/c1-6-18-12-11-17(4,5)16-9-7-15(8-10-16)13-14(2)3/h7-10,14,18H,6,11-13H2,1-5H3. The summed E-state index contributed by atoms with van der Waals surface area (Å²) in [6.07, 6.45) is 2.36. The van der Waals surface area contributed by atoms with Gasteiger partial charge in [0.2, 0.25) is 0 Å². The molecule has 0 saturated heterocycles. The molecule has 0 amide bonds. The highest BCUT2D eigenvalue weighted by Crippen LogP contribution is 2.27. The lowest BCUT2D eigenvalue weighted by atomic mass is 9.81. The van der Waals surface area contributed by atoms with E-state index in [1.54, 1.807) is 0 Å². The third-order valence-corrected chi connectivity index (χ3v) is 3.56. The first-order valence-corrected chi connectivity index (χ1v) is 7.26. The van der Waals surface area contributed by atoms with Crippen LogP contribution < -0.4 is 5.32 Å². The molecule has 0 radical (unpaired) electrons. The van der Waals surface area contributed by atoms with Crippen LogP contribution in [0.5, 0.6) is 0 Å². The lowest BCUT2D eigenvalue weighted by Gasteiger charge is -2.25. The number of rotatable bonds is 7. The Balaban J connectivity index is 2.65. The van der Waals surface area contributed by atoms with Crippen molar-refractivity contribution in [1.82, 2.24) is 5.32 Å². The molecule has 102 valence electrons. The van der Waals surface area contributed by atoms with Crippen molar-refractivity contribution < 1.29 is 0 Å². The van der Waals surface area contributed by atoms with Crippen molar-refractivity contribution in [3.63, 3.8) is 0 Å². The van der Waals surface area contributed by atoms with Crippen LogP contribution >= 0.6 is 0 Å². The third-order valence-electron chi connectivity index (χ3n) is 3.56. The topological polar surface area (TPSA) is 12.0 Å². The van der Waals surface area contributed by atoms with Crippen molar-refractivity contribution in [2.45, 2.75) is 52.9 Å². The molecule has 1 rings (SSSR count). The van der Waals surface area contributed by atoms with E-state index in [0.29, 0.717) is 0 Å². The molecule has 0 fully saturated rings. The molecule has 1 aromatic rings. The highest BCUT2D eigenvalue weighted by molar-refractivity contribution is 5.28. The van der Waals surface area contributed by atoms with E-state index in [9.17, 15) is 0 Å². The van der Waals surface area contributed by atoms with Gasteiger partial charge in [0.1, 0.15) is 0 Å². The zero-order valence-electron chi connectivity index (χ0n) is 12.7. The zero-order valence-corrected chi connectivity index (χ0v) is 12.7. The van der Waals surface area contributed by atoms with Gasteiger partial charge in [0.05, 0.1) is 0 Å². The Bertz CT molecular complexity index is 335. The van der Waals surface area contributed by atoms with Gasteiger partial charge in [0, 0.05) is 0 Å². The van der Waals surface area contributed by atoms with E-state index in [-0.39, 0.29) is 5.41 Å². The maximum atomic E-state index is 3.41. The molecule has 1 heteroatoms. The van der Waals surface area contributed by atoms with Crippen LogP contribution in [-0.4, -0.2) is 13.1 Å². The van der Waals surface area contributed by atoms with Crippen LogP contribution in [0.2, 0.25) is 0 Å². The van der Waals surface area contributed by atoms with Crippen LogP contribution in [0.1, 0.15) is 52.2 Å². The molecule has 0 aliphatic heterocycles. The van der Waals surface area contributed by atoms with Gasteiger partial charge in [0.25, 0.3) is 0 Å². The summed E-state index contributed by atoms with van der Waals surface area (Å²) in [6.45, 7) is 13.5. The van der Waals surface area contributed by atoms with E-state index in [2.05, 4.69) is 64.2 Å². The molecule has 0 aliphatic carbocycles. The Kier molecular flexibility index (Phi) is 5.87. The highest BCUT2D eigenvalue weighted by atomic mass is 14.8. The summed E-state index contributed by atoms with van der Waals surface area (Å²) in [7, 11) is 0. The normalized spacial score (nSPS) is 12.1. The monoisotopic (exact) mass is 247 g/mol. The number of benzene rings is 1. The van der Waals surface area contributed by atoms with Crippen LogP contribution in [0.15, 0.2) is 24.3 Å². The molecule has 0 unspecified atom stereocenters. The Hall–Kier alpha value is -0.820. The number of hydrogen-bond donors (Lipinski definition) is 1. The van der Waals surface area contributed by atoms with Crippen LogP contribution in [0.4, 0.5) is 0 Å². The molecule has 1 N–H and O–H groups in total. The minimum atomic E-state index is 0.262. The minimum absolute atomic E-state index is 0.262. The summed E-state index contributed by atoms with van der Waals surface area (Å²) in [5.41, 5.74) is 3.17. The van der Waals surface area contributed by atoms with Gasteiger partial charge in [-0.25, -0.2) is 0 Å². The first-order valence-electron chi connectivity index (χ1n) is 7.26. The molecular formula is C17H29N. The van der Waals surface area contributed by atoms with Gasteiger partial charge in [-0.1, -0.05) is 58.9 Å². The van der Waals surface area contributed by atoms with Gasteiger partial charge < -0.3 is 5.32 Å². The Labute approximate surface area is 113 Å². The first-order chi connectivity index (χ1) is 8.45. The fourth-order valence-electron chi connectivity index (χ4n) is 2.29. The van der Waals surface area contributed by atoms with Crippen LogP contribution in [0.3, 0.4) is 0 Å². The summed E-state index contributed by atoms with van der Waals surface area (Å²) >= 11 is 0. The van der Waals surface area contributed by atoms with Crippen molar-refractivity contribution >= 4 is 0 Å². The summed E-state index contributed by atoms with van der Waals surface area (Å²) < 4.78 is 0. The van der Waals surface area contributed by atoms with Gasteiger partial charge in [0.15, 0.2) is 0 Å². The molecule has 1 aromatic carbocycles. The maximum Gasteiger partial charge on any atom is -0.00407 e. The molecule has 1 nitrogen and oxygen atoms in total. The zero-order chi connectivity index (χ0) is 13.6. The highest BCUT2D eigenvalue weighted by Gasteiger charge is 2.19. The quantitative estimate of drug-likeness (QED) is 0.713. The van der Waals surface area contributed by atoms with Gasteiger partial charge in [-0.15, -0.1) is 0 Å². The molecule has 0 saturated carbocycles. The van der Waals surface area contributed by atoms with Crippen LogP contribution in [-0.2, 0) is 11.8 Å². The largest absolute Gasteiger partial charge is 0.317 e. The van der Waals surface area contributed by atoms with E-state index >= 15 is 0 Å². The molecule has 0 atom stereocenters. The van der Waals surface area contributed by atoms with E-state index in [1.165, 1.54) is 24.0 Å². The van der Waals surface area contributed by atoms with Crippen molar-refractivity contribution in [3.05, 3.63) is 35.4 Å². The Morgan fingerprint density at radius 1 is 1.11 bits per heavy atom. The van der Waals surface area contributed by atoms with E-state index in [4.69, 9.17) is 0 Å². The number of nitrogens with one attached hydrogen (secondary N) is 1. The molecular weight excluding hydrogens is 218 g/mol. The second-order valence-corrected chi connectivity index (χ2v) is 6.28. The van der Waals surface area contributed by atoms with Gasteiger partial charge in [-0.2, -0.15) is 0 Å². The smallest absolute Gasteiger partial charge is 0.00407 e. The van der Waals surface area contributed by atoms with Crippen LogP contribution in [0.25, 0.3) is 0 Å². The third kappa shape index (κ3) is 4.81. The first kappa shape index (κ1) is 15.2. The Morgan fingerprint density at radius 2 is 1.72 bits per heavy atom. The summed E-state index contributed by atoms with van der Waals surface area (Å²) in [5.74, 6) is 0.734. The summed E-state index contributed by atoms with van der Waals surface area (Å²) in [6, 6.07) is 9.21. The summed E-state index contributed by atoms with van der Waals surface area (Å²) in [4.78, 5) is 0. The lowest BCUT2D eigenvalue weighted by Crippen LogP contribution is -2.25. The lowest BCUT2D eigenvalue weighted by molar-refractivity contribution is 0.461. The second-order valence-electron chi connectivity index (χ2n) is 6.28. The Morgan fingerprint density at radius 3 is 2.22 bits per heavy atom. The van der Waals surface area contributed by atoms with Crippen molar-refractivity contribution in [1.29, 1.82) is 0 Å². The minimum Gasteiger partial charge on any atom is -0.317 e. The van der Waals surface area contributed by atoms with Crippen molar-refractivity contribution in [3.8, 4) is 0 Å². The van der Waals surface area contributed by atoms with E-state index < -0.39 is 0 Å². The predicted molar refractivity (Wildman–Crippen MR) is 81.2 cm³/mol. The number of hydrogen-bond acceptors (Lipinski definition) is 1. The molecule has 18 heavy (non-hydrogen) atoms. The van der Waals surface area contributed by atoms with Gasteiger partial charge >= 0.3 is 0 Å². The average molecular weight is 247 g/mol. The van der Waals surface area contributed by atoms with Gasteiger partial charge in [-0.05, 0) is 48.4 Å². The van der Waals surface area contributed by atoms with E-state index in [0.717, 1.165) is 19.0 Å². The molecule has 0 spiro atoms. The van der Waals surface area contributed by atoms with Crippen molar-refractivity contribution in [2.24, 2.45) is 5.92 Å². The SMILES string of the molecule is CCNCCC(C)(C)c1ccc(CC(C)C)cc1. The second kappa shape index (κ2) is 6.94. The van der Waals surface area contributed by atoms with E-state index in [1.807, 2.05) is 0 Å².